The fourth-order valence-corrected chi connectivity index (χ4v) is 11.4. The minimum Gasteiger partial charge on any atom is -0.405 e. The van der Waals surface area contributed by atoms with E-state index in [0.717, 1.165) is 44.1 Å². The van der Waals surface area contributed by atoms with E-state index < -0.39 is 32.3 Å². The van der Waals surface area contributed by atoms with Crippen molar-refractivity contribution >= 4 is 76.7 Å². The molecule has 0 radical (unpaired) electrons. The van der Waals surface area contributed by atoms with Crippen LogP contribution >= 0.6 is 15.9 Å². The number of hydrogen-bond acceptors (Lipinski definition) is 8. The zero-order valence-electron chi connectivity index (χ0n) is 53.9. The number of nitrogens with zero attached hydrogens (tertiary/aromatic N) is 2. The van der Waals surface area contributed by atoms with Gasteiger partial charge in [0.05, 0.1) is 33.6 Å². The van der Waals surface area contributed by atoms with Crippen molar-refractivity contribution in [2.24, 2.45) is 0 Å². The summed E-state index contributed by atoms with van der Waals surface area (Å²) in [5.41, 5.74) is 15.0. The molecule has 10 aromatic rings. The minimum atomic E-state index is -0.476. The highest BCUT2D eigenvalue weighted by Gasteiger charge is 2.64. The topological polar surface area (TPSA) is 61.9 Å². The van der Waals surface area contributed by atoms with E-state index in [-0.39, 0.29) is 22.4 Å². The van der Waals surface area contributed by atoms with Gasteiger partial charge in [0.15, 0.2) is 0 Å². The molecule has 3 saturated heterocycles. The van der Waals surface area contributed by atoms with E-state index in [0.29, 0.717) is 0 Å². The first-order valence-electron chi connectivity index (χ1n) is 31.1. The van der Waals surface area contributed by atoms with E-state index in [1.807, 2.05) is 79.7 Å². The molecule has 13 rings (SSSR count). The van der Waals surface area contributed by atoms with E-state index in [2.05, 4.69) is 296 Å². The van der Waals surface area contributed by atoms with Crippen molar-refractivity contribution in [3.05, 3.63) is 271 Å². The summed E-state index contributed by atoms with van der Waals surface area (Å²) >= 11 is 3.63. The molecule has 3 heterocycles. The van der Waals surface area contributed by atoms with Gasteiger partial charge < -0.3 is 37.7 Å². The van der Waals surface area contributed by atoms with Crippen LogP contribution in [0.1, 0.15) is 83.1 Å². The maximum atomic E-state index is 6.38. The molecule has 0 bridgehead atoms. The molecule has 0 aliphatic carbocycles. The third-order valence-electron chi connectivity index (χ3n) is 18.4. The average molecular weight is 1250 g/mol. The molecule has 0 N–H and O–H groups in total. The molecule has 3 aliphatic rings. The molecule has 0 spiro atoms. The summed E-state index contributed by atoms with van der Waals surface area (Å²) in [6, 6.07) is 93.9. The van der Waals surface area contributed by atoms with Crippen molar-refractivity contribution in [3.63, 3.8) is 0 Å². The highest BCUT2D eigenvalue weighted by atomic mass is 79.9. The number of benzene rings is 10. The van der Waals surface area contributed by atoms with Gasteiger partial charge in [-0.25, -0.2) is 0 Å². The first-order chi connectivity index (χ1) is 43.0. The molecule has 3 fully saturated rings. The summed E-state index contributed by atoms with van der Waals surface area (Å²) < 4.78 is 37.7. The summed E-state index contributed by atoms with van der Waals surface area (Å²) in [6.45, 7) is 24.6. The van der Waals surface area contributed by atoms with Crippen molar-refractivity contribution < 1.29 is 27.9 Å². The Hall–Kier alpha value is -7.77. The fourth-order valence-electron chi connectivity index (χ4n) is 11.0. The highest BCUT2D eigenvalue weighted by Crippen LogP contribution is 2.45. The van der Waals surface area contributed by atoms with Crippen LogP contribution in [0.4, 0.5) is 34.1 Å². The van der Waals surface area contributed by atoms with Crippen molar-refractivity contribution in [1.29, 1.82) is 0 Å². The van der Waals surface area contributed by atoms with Crippen LogP contribution < -0.4 is 15.3 Å². The van der Waals surface area contributed by atoms with Gasteiger partial charge in [0.1, 0.15) is 0 Å². The molecule has 0 saturated carbocycles. The molecule has 0 aromatic heterocycles. The van der Waals surface area contributed by atoms with E-state index in [4.69, 9.17) is 27.9 Å². The Morgan fingerprint density at radius 2 is 0.489 bits per heavy atom. The summed E-state index contributed by atoms with van der Waals surface area (Å²) in [7, 11) is -1.38. The summed E-state index contributed by atoms with van der Waals surface area (Å²) in [4.78, 5) is 4.58. The Labute approximate surface area is 543 Å². The zero-order valence-corrected chi connectivity index (χ0v) is 55.4. The second-order valence-corrected chi connectivity index (χ2v) is 27.2. The number of anilines is 6. The molecular formula is C78H80B3BrN2O6. The van der Waals surface area contributed by atoms with Gasteiger partial charge >= 0.3 is 21.1 Å². The van der Waals surface area contributed by atoms with E-state index in [1.165, 1.54) is 44.5 Å². The average Bonchev–Trinajstić information content (AvgIpc) is 1.66. The normalized spacial score (nSPS) is 17.1. The Morgan fingerprint density at radius 3 is 0.767 bits per heavy atom. The van der Waals surface area contributed by atoms with Crippen molar-refractivity contribution in [2.75, 3.05) is 9.80 Å². The van der Waals surface area contributed by atoms with Crippen LogP contribution in [0.3, 0.4) is 0 Å². The smallest absolute Gasteiger partial charge is 0.405 e. The second kappa shape index (κ2) is 26.2. The van der Waals surface area contributed by atoms with Gasteiger partial charge in [-0.1, -0.05) is 204 Å². The van der Waals surface area contributed by atoms with Crippen LogP contribution in [-0.2, 0) is 27.9 Å². The highest BCUT2D eigenvalue weighted by molar-refractivity contribution is 9.10. The first-order valence-corrected chi connectivity index (χ1v) is 31.9. The predicted octanol–water partition coefficient (Wildman–Crippen LogP) is 20.3. The summed E-state index contributed by atoms with van der Waals surface area (Å²) in [5.74, 6) is 0. The van der Waals surface area contributed by atoms with Crippen LogP contribution in [0.5, 0.6) is 0 Å². The van der Waals surface area contributed by atoms with Gasteiger partial charge in [0, 0.05) is 38.6 Å². The lowest BCUT2D eigenvalue weighted by Crippen LogP contribution is -2.41. The van der Waals surface area contributed by atoms with Crippen molar-refractivity contribution in [2.45, 2.75) is 117 Å². The lowest BCUT2D eigenvalue weighted by molar-refractivity contribution is 0.00578. The van der Waals surface area contributed by atoms with E-state index in [1.54, 1.807) is 0 Å². The number of halogens is 1. The van der Waals surface area contributed by atoms with Crippen molar-refractivity contribution in [1.82, 2.24) is 0 Å². The summed E-state index contributed by atoms with van der Waals surface area (Å²) in [6.07, 6.45) is 0. The Kier molecular flexibility index (Phi) is 18.6. The molecule has 8 nitrogen and oxygen atoms in total. The lowest BCUT2D eigenvalue weighted by atomic mass is 9.49. The third-order valence-corrected chi connectivity index (χ3v) is 18.9. The van der Waals surface area contributed by atoms with E-state index >= 15 is 0 Å². The van der Waals surface area contributed by atoms with Gasteiger partial charge in [-0.15, -0.1) is 0 Å². The largest absolute Gasteiger partial charge is 0.494 e. The van der Waals surface area contributed by atoms with Gasteiger partial charge in [0.2, 0.25) is 0 Å². The Morgan fingerprint density at radius 1 is 0.244 bits per heavy atom. The van der Waals surface area contributed by atoms with Crippen LogP contribution in [0.15, 0.2) is 271 Å². The molecular weight excluding hydrogens is 1170 g/mol. The summed E-state index contributed by atoms with van der Waals surface area (Å²) in [5, 5.41) is 0. The lowest BCUT2D eigenvalue weighted by Gasteiger charge is -2.32. The van der Waals surface area contributed by atoms with Crippen LogP contribution in [0, 0.1) is 0 Å². The maximum absolute atomic E-state index is 6.38. The SMILES string of the molecule is Brc1cccc(N(c2ccc(-c3ccccc3)cc2)c2ccc(-c3ccccc3)cc2)c1.CC1(C)OB(B2OC(C)(C)C(C)(C)O2)OC1(C)C.CC1(C)OB(c2cccc(N(c3ccc(-c4ccccc4)cc3)c3ccc(-c4ccccc4)cc3)c2)OC1(C)C. The molecule has 12 heteroatoms. The van der Waals surface area contributed by atoms with E-state index in [9.17, 15) is 0 Å². The van der Waals surface area contributed by atoms with Crippen molar-refractivity contribution in [3.8, 4) is 44.5 Å². The molecule has 454 valence electrons. The second-order valence-electron chi connectivity index (χ2n) is 26.2. The Bertz CT molecular complexity index is 3740. The molecule has 0 atom stereocenters. The fraction of sp³-hybridized carbons (Fsp3) is 0.231. The van der Waals surface area contributed by atoms with Gasteiger partial charge in [-0.05, 0) is 212 Å². The third kappa shape index (κ3) is 14.1. The Balaban J connectivity index is 0.000000149. The standard InChI is InChI=1S/C36H34BNO2.C30H22BrN.C12H24B2O4/c1-35(2)36(3,4)40-37(39-35)31-16-11-17-34(26-31)38(32-22-18-29(19-23-32)27-12-7-5-8-13-27)33-24-20-30(21-25-33)28-14-9-6-10-15-28;31-27-12-7-13-30(22-27)32(28-18-14-25(15-19-28)23-8-3-1-4-9-23)29-20-16-26(17-21-29)24-10-5-2-6-11-24;1-9(2)10(3,4)16-13(15-9)14-17-11(5,6)12(7,8)18-14/h5-26H,1-4H3;1-22H;1-8H3. The van der Waals surface area contributed by atoms with Crippen LogP contribution in [0.25, 0.3) is 44.5 Å². The molecule has 3 aliphatic heterocycles. The number of hydrogen-bond donors (Lipinski definition) is 0. The number of rotatable bonds is 12. The molecule has 10 aromatic carbocycles. The monoisotopic (exact) mass is 1250 g/mol. The maximum Gasteiger partial charge on any atom is 0.494 e. The molecule has 90 heavy (non-hydrogen) atoms. The zero-order chi connectivity index (χ0) is 63.5. The van der Waals surface area contributed by atoms with Gasteiger partial charge in [-0.3, -0.25) is 0 Å². The molecule has 0 amide bonds. The predicted molar refractivity (Wildman–Crippen MR) is 380 cm³/mol. The van der Waals surface area contributed by atoms with Crippen LogP contribution in [0.2, 0.25) is 0 Å². The first kappa shape index (κ1) is 63.8. The van der Waals surface area contributed by atoms with Gasteiger partial charge in [0.25, 0.3) is 0 Å². The quantitative estimate of drug-likeness (QED) is 0.112. The molecule has 0 unspecified atom stereocenters. The minimum absolute atomic E-state index is 0.360. The van der Waals surface area contributed by atoms with Crippen LogP contribution in [-0.4, -0.2) is 54.7 Å². The van der Waals surface area contributed by atoms with Gasteiger partial charge in [-0.2, -0.15) is 0 Å².